The molecule has 1 saturated heterocycles. The van der Waals surface area contributed by atoms with E-state index in [1.54, 1.807) is 21.3 Å². The zero-order chi connectivity index (χ0) is 17.1. The average Bonchev–Trinajstić information content (AvgIpc) is 3.10. The van der Waals surface area contributed by atoms with Crippen LogP contribution in [0.4, 0.5) is 0 Å². The van der Waals surface area contributed by atoms with Crippen molar-refractivity contribution in [2.75, 3.05) is 34.4 Å². The lowest BCUT2D eigenvalue weighted by Crippen LogP contribution is -2.10. The summed E-state index contributed by atoms with van der Waals surface area (Å²) in [4.78, 5) is 0. The molecule has 2 aromatic carbocycles. The van der Waals surface area contributed by atoms with Crippen molar-refractivity contribution in [3.05, 3.63) is 52.5 Å². The minimum Gasteiger partial charge on any atom is -0.495 e. The minimum atomic E-state index is 0.283. The molecule has 1 N–H and O–H groups in total. The molecule has 2 aromatic rings. The maximum Gasteiger partial charge on any atom is 0.160 e. The predicted molar refractivity (Wildman–Crippen MR) is 95.9 cm³/mol. The van der Waals surface area contributed by atoms with Gasteiger partial charge in [0.1, 0.15) is 5.75 Å². The van der Waals surface area contributed by atoms with Gasteiger partial charge in [-0.25, -0.2) is 0 Å². The number of benzene rings is 2. The van der Waals surface area contributed by atoms with Crippen molar-refractivity contribution < 1.29 is 14.2 Å². The molecule has 0 aromatic heterocycles. The number of hydrogen-bond acceptors (Lipinski definition) is 4. The van der Waals surface area contributed by atoms with Gasteiger partial charge >= 0.3 is 0 Å². The van der Waals surface area contributed by atoms with Gasteiger partial charge in [0.2, 0.25) is 0 Å². The van der Waals surface area contributed by atoms with Crippen LogP contribution in [-0.2, 0) is 0 Å². The molecule has 2 atom stereocenters. The van der Waals surface area contributed by atoms with E-state index in [2.05, 4.69) is 23.5 Å². The van der Waals surface area contributed by atoms with Crippen molar-refractivity contribution in [3.8, 4) is 17.2 Å². The summed E-state index contributed by atoms with van der Waals surface area (Å²) in [6, 6.07) is 12.1. The third-order valence-corrected chi connectivity index (χ3v) is 5.07. The number of ether oxygens (including phenoxy) is 3. The highest BCUT2D eigenvalue weighted by Gasteiger charge is 2.32. The molecular formula is C19H22ClNO3. The van der Waals surface area contributed by atoms with Crippen LogP contribution >= 0.6 is 11.6 Å². The lowest BCUT2D eigenvalue weighted by atomic mass is 9.84. The third kappa shape index (κ3) is 3.04. The molecule has 24 heavy (non-hydrogen) atoms. The lowest BCUT2D eigenvalue weighted by molar-refractivity contribution is 0.354. The quantitative estimate of drug-likeness (QED) is 0.892. The Bertz CT molecular complexity index is 720. The van der Waals surface area contributed by atoms with Crippen molar-refractivity contribution in [3.63, 3.8) is 0 Å². The van der Waals surface area contributed by atoms with Gasteiger partial charge in [-0.1, -0.05) is 29.8 Å². The van der Waals surface area contributed by atoms with Crippen molar-refractivity contribution in [2.24, 2.45) is 0 Å². The van der Waals surface area contributed by atoms with Gasteiger partial charge in [0.15, 0.2) is 11.5 Å². The largest absolute Gasteiger partial charge is 0.495 e. The van der Waals surface area contributed by atoms with Gasteiger partial charge in [-0.15, -0.1) is 0 Å². The molecule has 1 aliphatic heterocycles. The van der Waals surface area contributed by atoms with Gasteiger partial charge in [0, 0.05) is 24.9 Å². The highest BCUT2D eigenvalue weighted by molar-refractivity contribution is 6.32. The van der Waals surface area contributed by atoms with Crippen molar-refractivity contribution in [2.45, 2.75) is 11.8 Å². The van der Waals surface area contributed by atoms with Crippen LogP contribution in [0.1, 0.15) is 23.0 Å². The molecule has 5 heteroatoms. The summed E-state index contributed by atoms with van der Waals surface area (Å²) in [5.74, 6) is 2.80. The maximum atomic E-state index is 6.55. The van der Waals surface area contributed by atoms with Crippen LogP contribution < -0.4 is 19.5 Å². The Morgan fingerprint density at radius 2 is 1.58 bits per heavy atom. The average molecular weight is 348 g/mol. The highest BCUT2D eigenvalue weighted by Crippen LogP contribution is 2.43. The molecule has 0 aliphatic carbocycles. The first-order valence-corrected chi connectivity index (χ1v) is 8.32. The van der Waals surface area contributed by atoms with Gasteiger partial charge in [0.25, 0.3) is 0 Å². The lowest BCUT2D eigenvalue weighted by Gasteiger charge is -2.22. The Morgan fingerprint density at radius 3 is 2.29 bits per heavy atom. The van der Waals surface area contributed by atoms with E-state index >= 15 is 0 Å². The molecule has 0 unspecified atom stereocenters. The summed E-state index contributed by atoms with van der Waals surface area (Å²) in [5.41, 5.74) is 2.32. The molecule has 0 radical (unpaired) electrons. The summed E-state index contributed by atoms with van der Waals surface area (Å²) >= 11 is 6.55. The van der Waals surface area contributed by atoms with E-state index in [0.29, 0.717) is 16.7 Å². The first kappa shape index (κ1) is 16.9. The number of halogens is 1. The summed E-state index contributed by atoms with van der Waals surface area (Å²) in [5, 5.41) is 4.17. The summed E-state index contributed by atoms with van der Waals surface area (Å²) in [6.45, 7) is 1.78. The molecule has 0 saturated carbocycles. The molecule has 4 nitrogen and oxygen atoms in total. The Balaban J connectivity index is 1.97. The van der Waals surface area contributed by atoms with E-state index < -0.39 is 0 Å². The number of methoxy groups -OCH3 is 3. The van der Waals surface area contributed by atoms with E-state index in [-0.39, 0.29) is 5.92 Å². The van der Waals surface area contributed by atoms with Crippen molar-refractivity contribution in [1.82, 2.24) is 5.32 Å². The van der Waals surface area contributed by atoms with Gasteiger partial charge in [0.05, 0.1) is 26.4 Å². The van der Waals surface area contributed by atoms with Crippen LogP contribution in [0.15, 0.2) is 36.4 Å². The first-order valence-electron chi connectivity index (χ1n) is 7.94. The monoisotopic (exact) mass is 347 g/mol. The standard InChI is InChI=1S/C19H22ClNO3/c1-22-16-8-7-12(9-18(16)24-3)14-10-21-11-15(14)13-5-4-6-17(23-2)19(13)20/h4-9,14-15,21H,10-11H2,1-3H3/t14-,15-/m1/s1. The van der Waals surface area contributed by atoms with Crippen LogP contribution in [0.25, 0.3) is 0 Å². The van der Waals surface area contributed by atoms with E-state index in [1.165, 1.54) is 5.56 Å². The molecule has 0 spiro atoms. The maximum absolute atomic E-state index is 6.55. The first-order chi connectivity index (χ1) is 11.7. The molecule has 1 heterocycles. The Kier molecular flexibility index (Phi) is 5.17. The molecule has 1 aliphatic rings. The third-order valence-electron chi connectivity index (χ3n) is 4.66. The zero-order valence-corrected chi connectivity index (χ0v) is 14.9. The number of nitrogens with one attached hydrogen (secondary N) is 1. The van der Waals surface area contributed by atoms with Crippen molar-refractivity contribution >= 4 is 11.6 Å². The fraction of sp³-hybridized carbons (Fsp3) is 0.368. The SMILES string of the molecule is COc1ccc([C@H]2CNC[C@@H]2c2cccc(OC)c2Cl)cc1OC. The van der Waals surface area contributed by atoms with Gasteiger partial charge in [-0.05, 0) is 29.3 Å². The number of hydrogen-bond donors (Lipinski definition) is 1. The fourth-order valence-electron chi connectivity index (χ4n) is 3.41. The van der Waals surface area contributed by atoms with Gasteiger partial charge < -0.3 is 19.5 Å². The van der Waals surface area contributed by atoms with Crippen LogP contribution in [0.3, 0.4) is 0 Å². The van der Waals surface area contributed by atoms with Crippen LogP contribution in [0, 0.1) is 0 Å². The smallest absolute Gasteiger partial charge is 0.160 e. The van der Waals surface area contributed by atoms with Gasteiger partial charge in [-0.2, -0.15) is 0 Å². The Labute approximate surface area is 147 Å². The number of rotatable bonds is 5. The Hall–Kier alpha value is -1.91. The van der Waals surface area contributed by atoms with Crippen LogP contribution in [0.2, 0.25) is 5.02 Å². The normalized spacial score (nSPS) is 20.0. The summed E-state index contributed by atoms with van der Waals surface area (Å²) in [6.07, 6.45) is 0. The second-order valence-corrected chi connectivity index (χ2v) is 6.23. The summed E-state index contributed by atoms with van der Waals surface area (Å²) in [7, 11) is 4.95. The molecule has 3 rings (SSSR count). The highest BCUT2D eigenvalue weighted by atomic mass is 35.5. The second-order valence-electron chi connectivity index (χ2n) is 5.85. The topological polar surface area (TPSA) is 39.7 Å². The molecular weight excluding hydrogens is 326 g/mol. The Morgan fingerprint density at radius 1 is 0.875 bits per heavy atom. The zero-order valence-electron chi connectivity index (χ0n) is 14.1. The predicted octanol–water partition coefficient (Wildman–Crippen LogP) is 3.84. The molecule has 1 fully saturated rings. The van der Waals surface area contributed by atoms with Gasteiger partial charge in [-0.3, -0.25) is 0 Å². The van der Waals surface area contributed by atoms with E-state index in [4.69, 9.17) is 25.8 Å². The van der Waals surface area contributed by atoms with Crippen LogP contribution in [0.5, 0.6) is 17.2 Å². The van der Waals surface area contributed by atoms with E-state index in [1.807, 2.05) is 18.2 Å². The summed E-state index contributed by atoms with van der Waals surface area (Å²) < 4.78 is 16.1. The van der Waals surface area contributed by atoms with E-state index in [9.17, 15) is 0 Å². The molecule has 128 valence electrons. The van der Waals surface area contributed by atoms with Crippen molar-refractivity contribution in [1.29, 1.82) is 0 Å². The van der Waals surface area contributed by atoms with Crippen LogP contribution in [-0.4, -0.2) is 34.4 Å². The van der Waals surface area contributed by atoms with E-state index in [0.717, 1.165) is 30.2 Å². The fourth-order valence-corrected chi connectivity index (χ4v) is 3.75. The minimum absolute atomic E-state index is 0.283. The second kappa shape index (κ2) is 7.32. The molecule has 0 bridgehead atoms. The molecule has 0 amide bonds.